The monoisotopic (exact) mass is 314 g/mol. The summed E-state index contributed by atoms with van der Waals surface area (Å²) in [4.78, 5) is 12.2. The van der Waals surface area contributed by atoms with Crippen LogP contribution in [0, 0.1) is 6.92 Å². The van der Waals surface area contributed by atoms with E-state index in [1.54, 1.807) is 39.8 Å². The topological polar surface area (TPSA) is 75.4 Å². The first kappa shape index (κ1) is 15.0. The summed E-state index contributed by atoms with van der Waals surface area (Å²) in [6.45, 7) is 6.98. The summed E-state index contributed by atoms with van der Waals surface area (Å²) in [7, 11) is 0. The minimum Gasteiger partial charge on any atom is -0.398 e. The first-order valence-electron chi connectivity index (χ1n) is 5.71. The lowest BCUT2D eigenvalue weighted by Gasteiger charge is -2.29. The Hall–Kier alpha value is -1.07. The second kappa shape index (κ2) is 5.28. The van der Waals surface area contributed by atoms with E-state index in [2.05, 4.69) is 21.2 Å². The molecule has 0 spiro atoms. The predicted octanol–water partition coefficient (Wildman–Crippen LogP) is 2.23. The van der Waals surface area contributed by atoms with Gasteiger partial charge in [-0.05, 0) is 45.4 Å². The van der Waals surface area contributed by atoms with Crippen LogP contribution in [0.25, 0.3) is 0 Å². The fourth-order valence-corrected chi connectivity index (χ4v) is 1.88. The van der Waals surface area contributed by atoms with Crippen LogP contribution in [0.3, 0.4) is 0 Å². The van der Waals surface area contributed by atoms with Crippen molar-refractivity contribution < 1.29 is 9.90 Å². The highest BCUT2D eigenvalue weighted by molar-refractivity contribution is 9.10. The Balaban J connectivity index is 3.06. The van der Waals surface area contributed by atoms with Gasteiger partial charge in [0.2, 0.25) is 0 Å². The summed E-state index contributed by atoms with van der Waals surface area (Å²) >= 11 is 3.31. The minimum absolute atomic E-state index is 0.244. The lowest BCUT2D eigenvalue weighted by atomic mass is 9.97. The Morgan fingerprint density at radius 2 is 2.06 bits per heavy atom. The van der Waals surface area contributed by atoms with Crippen LogP contribution < -0.4 is 11.1 Å². The maximum atomic E-state index is 12.2. The van der Waals surface area contributed by atoms with Gasteiger partial charge < -0.3 is 16.2 Å². The third-order valence-electron chi connectivity index (χ3n) is 3.14. The van der Waals surface area contributed by atoms with Crippen LogP contribution in [-0.4, -0.2) is 22.7 Å². The SMILES string of the molecule is Cc1c(N)cc(Br)cc1C(=O)NC(C)(C)C(C)O. The average Bonchev–Trinajstić information content (AvgIpc) is 2.22. The molecule has 0 aromatic heterocycles. The molecular weight excluding hydrogens is 296 g/mol. The third kappa shape index (κ3) is 3.23. The van der Waals surface area contributed by atoms with Gasteiger partial charge in [-0.3, -0.25) is 4.79 Å². The predicted molar refractivity (Wildman–Crippen MR) is 76.5 cm³/mol. The number of hydrogen-bond acceptors (Lipinski definition) is 3. The molecule has 0 heterocycles. The first-order valence-corrected chi connectivity index (χ1v) is 6.50. The van der Waals surface area contributed by atoms with Gasteiger partial charge in [-0.2, -0.15) is 0 Å². The molecule has 1 unspecified atom stereocenters. The number of nitrogens with one attached hydrogen (secondary N) is 1. The van der Waals surface area contributed by atoms with Crippen molar-refractivity contribution in [1.29, 1.82) is 0 Å². The van der Waals surface area contributed by atoms with E-state index >= 15 is 0 Å². The van der Waals surface area contributed by atoms with Crippen LogP contribution >= 0.6 is 15.9 Å². The number of carbonyl (C=O) groups is 1. The number of amides is 1. The van der Waals surface area contributed by atoms with Crippen molar-refractivity contribution in [2.24, 2.45) is 0 Å². The number of aliphatic hydroxyl groups excluding tert-OH is 1. The van der Waals surface area contributed by atoms with E-state index in [-0.39, 0.29) is 5.91 Å². The molecule has 0 aliphatic carbocycles. The fourth-order valence-electron chi connectivity index (χ4n) is 1.40. The first-order chi connectivity index (χ1) is 8.15. The molecule has 1 rings (SSSR count). The highest BCUT2D eigenvalue weighted by Gasteiger charge is 2.27. The molecule has 1 atom stereocenters. The van der Waals surface area contributed by atoms with Crippen molar-refractivity contribution in [1.82, 2.24) is 5.32 Å². The van der Waals surface area contributed by atoms with Gasteiger partial charge in [0.15, 0.2) is 0 Å². The zero-order valence-corrected chi connectivity index (χ0v) is 12.6. The van der Waals surface area contributed by atoms with Crippen molar-refractivity contribution in [2.75, 3.05) is 5.73 Å². The summed E-state index contributed by atoms with van der Waals surface area (Å²) in [6, 6.07) is 3.48. The smallest absolute Gasteiger partial charge is 0.252 e. The highest BCUT2D eigenvalue weighted by atomic mass is 79.9. The quantitative estimate of drug-likeness (QED) is 0.749. The molecule has 0 saturated heterocycles. The van der Waals surface area contributed by atoms with Gasteiger partial charge in [0, 0.05) is 15.7 Å². The Morgan fingerprint density at radius 3 is 2.56 bits per heavy atom. The summed E-state index contributed by atoms with van der Waals surface area (Å²) < 4.78 is 0.755. The second-order valence-corrected chi connectivity index (χ2v) is 5.94. The van der Waals surface area contributed by atoms with Gasteiger partial charge in [-0.1, -0.05) is 15.9 Å². The Morgan fingerprint density at radius 1 is 1.50 bits per heavy atom. The summed E-state index contributed by atoms with van der Waals surface area (Å²) in [5.41, 5.74) is 6.93. The van der Waals surface area contributed by atoms with Crippen molar-refractivity contribution in [2.45, 2.75) is 39.3 Å². The summed E-state index contributed by atoms with van der Waals surface area (Å²) in [5, 5.41) is 12.4. The van der Waals surface area contributed by atoms with E-state index in [0.717, 1.165) is 10.0 Å². The van der Waals surface area contributed by atoms with Crippen LogP contribution in [-0.2, 0) is 0 Å². The van der Waals surface area contributed by atoms with E-state index in [1.165, 1.54) is 0 Å². The molecule has 0 bridgehead atoms. The molecule has 4 nitrogen and oxygen atoms in total. The molecule has 18 heavy (non-hydrogen) atoms. The molecule has 5 heteroatoms. The van der Waals surface area contributed by atoms with Crippen LogP contribution in [0.5, 0.6) is 0 Å². The second-order valence-electron chi connectivity index (χ2n) is 5.02. The number of halogens is 1. The lowest BCUT2D eigenvalue weighted by Crippen LogP contribution is -2.51. The van der Waals surface area contributed by atoms with Crippen LogP contribution in [0.15, 0.2) is 16.6 Å². The van der Waals surface area contributed by atoms with Crippen molar-refractivity contribution in [3.63, 3.8) is 0 Å². The molecule has 4 N–H and O–H groups in total. The van der Waals surface area contributed by atoms with Crippen molar-refractivity contribution in [3.05, 3.63) is 27.7 Å². The third-order valence-corrected chi connectivity index (χ3v) is 3.60. The van der Waals surface area contributed by atoms with E-state index in [9.17, 15) is 9.90 Å². The fraction of sp³-hybridized carbons (Fsp3) is 0.462. The van der Waals surface area contributed by atoms with Crippen molar-refractivity contribution in [3.8, 4) is 0 Å². The molecular formula is C13H19BrN2O2. The van der Waals surface area contributed by atoms with Crippen LogP contribution in [0.1, 0.15) is 36.7 Å². The number of anilines is 1. The van der Waals surface area contributed by atoms with Crippen LogP contribution in [0.4, 0.5) is 5.69 Å². The minimum atomic E-state index is -0.694. The van der Waals surface area contributed by atoms with Gasteiger partial charge in [-0.25, -0.2) is 0 Å². The number of aliphatic hydroxyl groups is 1. The highest BCUT2D eigenvalue weighted by Crippen LogP contribution is 2.23. The zero-order valence-electron chi connectivity index (χ0n) is 11.0. The molecule has 1 amide bonds. The number of nitrogens with two attached hydrogens (primary N) is 1. The standard InChI is InChI=1S/C13H19BrN2O2/c1-7-10(5-9(14)6-11(7)15)12(18)16-13(3,4)8(2)17/h5-6,8,17H,15H2,1-4H3,(H,16,18). The van der Waals surface area contributed by atoms with Gasteiger partial charge in [-0.15, -0.1) is 0 Å². The zero-order chi connectivity index (χ0) is 14.1. The van der Waals surface area contributed by atoms with Crippen LogP contribution in [0.2, 0.25) is 0 Å². The number of rotatable bonds is 3. The molecule has 1 aromatic carbocycles. The summed E-state index contributed by atoms with van der Waals surface area (Å²) in [6.07, 6.45) is -0.647. The van der Waals surface area contributed by atoms with Gasteiger partial charge in [0.1, 0.15) is 0 Å². The normalized spacial score (nSPS) is 13.2. The van der Waals surface area contributed by atoms with Crippen molar-refractivity contribution >= 4 is 27.5 Å². The van der Waals surface area contributed by atoms with E-state index in [0.29, 0.717) is 11.3 Å². The Labute approximate surface area is 116 Å². The molecule has 0 fully saturated rings. The number of nitrogen functional groups attached to an aromatic ring is 1. The van der Waals surface area contributed by atoms with E-state index in [4.69, 9.17) is 5.73 Å². The average molecular weight is 315 g/mol. The van der Waals surface area contributed by atoms with Gasteiger partial charge in [0.25, 0.3) is 5.91 Å². The molecule has 100 valence electrons. The number of benzene rings is 1. The van der Waals surface area contributed by atoms with E-state index in [1.807, 2.05) is 0 Å². The lowest BCUT2D eigenvalue weighted by molar-refractivity contribution is 0.0709. The Bertz CT molecular complexity index is 470. The van der Waals surface area contributed by atoms with Gasteiger partial charge in [0.05, 0.1) is 11.6 Å². The molecule has 0 saturated carbocycles. The molecule has 1 aromatic rings. The Kier molecular flexibility index (Phi) is 4.40. The number of carbonyl (C=O) groups excluding carboxylic acids is 1. The van der Waals surface area contributed by atoms with Gasteiger partial charge >= 0.3 is 0 Å². The molecule has 0 radical (unpaired) electrons. The maximum absolute atomic E-state index is 12.2. The molecule has 0 aliphatic heterocycles. The maximum Gasteiger partial charge on any atom is 0.252 e. The largest absolute Gasteiger partial charge is 0.398 e. The number of hydrogen-bond donors (Lipinski definition) is 3. The molecule has 0 aliphatic rings. The summed E-state index contributed by atoms with van der Waals surface area (Å²) in [5.74, 6) is -0.244. The van der Waals surface area contributed by atoms with E-state index < -0.39 is 11.6 Å².